The van der Waals surface area contributed by atoms with Gasteiger partial charge in [-0.3, -0.25) is 0 Å². The number of halogens is 1. The van der Waals surface area contributed by atoms with E-state index in [-0.39, 0.29) is 0 Å². The van der Waals surface area contributed by atoms with Crippen molar-refractivity contribution in [3.8, 4) is 6.07 Å². The van der Waals surface area contributed by atoms with Crippen LogP contribution in [0.2, 0.25) is 0 Å². The van der Waals surface area contributed by atoms with Crippen LogP contribution in [0.3, 0.4) is 0 Å². The number of aromatic nitrogens is 2. The molecule has 17 heavy (non-hydrogen) atoms. The van der Waals surface area contributed by atoms with Crippen LogP contribution in [0.1, 0.15) is 5.56 Å². The number of nitrogens with zero attached hydrogens (tertiary/aromatic N) is 3. The fourth-order valence-electron chi connectivity index (χ4n) is 1.35. The molecule has 1 aromatic carbocycles. The largest absolute Gasteiger partial charge is 0.340 e. The van der Waals surface area contributed by atoms with Gasteiger partial charge < -0.3 is 5.32 Å². The predicted molar refractivity (Wildman–Crippen MR) is 68.8 cm³/mol. The van der Waals surface area contributed by atoms with E-state index in [1.54, 1.807) is 6.07 Å². The lowest BCUT2D eigenvalue weighted by molar-refractivity contribution is 1.14. The molecule has 4 nitrogen and oxygen atoms in total. The van der Waals surface area contributed by atoms with Gasteiger partial charge in [0.2, 0.25) is 0 Å². The molecule has 0 atom stereocenters. The Morgan fingerprint density at radius 2 is 2.00 bits per heavy atom. The molecule has 84 valence electrons. The summed E-state index contributed by atoms with van der Waals surface area (Å²) >= 11 is 3.28. The molecular formula is C12H9BrN4. The summed E-state index contributed by atoms with van der Waals surface area (Å²) in [6.07, 6.45) is 1.91. The standard InChI is InChI=1S/C12H9BrN4/c13-11-7-12(16-8-15-11)17-10-3-1-9(2-4-10)5-6-14/h1-4,7-8H,5H2,(H,15,16,17). The van der Waals surface area contributed by atoms with Crippen LogP contribution in [0.15, 0.2) is 41.3 Å². The van der Waals surface area contributed by atoms with E-state index in [0.29, 0.717) is 6.42 Å². The van der Waals surface area contributed by atoms with Crippen LogP contribution >= 0.6 is 15.9 Å². The van der Waals surface area contributed by atoms with E-state index in [4.69, 9.17) is 5.26 Å². The SMILES string of the molecule is N#CCc1ccc(Nc2cc(Br)ncn2)cc1. The summed E-state index contributed by atoms with van der Waals surface area (Å²) in [5.74, 6) is 0.722. The zero-order chi connectivity index (χ0) is 12.1. The van der Waals surface area contributed by atoms with Crippen molar-refractivity contribution in [2.45, 2.75) is 6.42 Å². The van der Waals surface area contributed by atoms with E-state index in [1.807, 2.05) is 24.3 Å². The first-order chi connectivity index (χ1) is 8.28. The first-order valence-electron chi connectivity index (χ1n) is 4.98. The summed E-state index contributed by atoms with van der Waals surface area (Å²) in [6.45, 7) is 0. The highest BCUT2D eigenvalue weighted by atomic mass is 79.9. The zero-order valence-corrected chi connectivity index (χ0v) is 10.5. The first kappa shape index (κ1) is 11.6. The van der Waals surface area contributed by atoms with Gasteiger partial charge in [-0.2, -0.15) is 5.26 Å². The zero-order valence-electron chi connectivity index (χ0n) is 8.89. The van der Waals surface area contributed by atoms with Crippen molar-refractivity contribution in [2.75, 3.05) is 5.32 Å². The third kappa shape index (κ3) is 3.26. The summed E-state index contributed by atoms with van der Waals surface area (Å²) < 4.78 is 0.733. The molecule has 0 fully saturated rings. The van der Waals surface area contributed by atoms with Gasteiger partial charge in [0.05, 0.1) is 12.5 Å². The molecule has 5 heteroatoms. The second kappa shape index (κ2) is 5.41. The predicted octanol–water partition coefficient (Wildman–Crippen LogP) is 3.05. The minimum atomic E-state index is 0.430. The number of nitrogens with one attached hydrogen (secondary N) is 1. The molecule has 0 saturated carbocycles. The second-order valence-corrected chi connectivity index (χ2v) is 4.20. The van der Waals surface area contributed by atoms with E-state index in [2.05, 4.69) is 37.3 Å². The molecule has 1 N–H and O–H groups in total. The molecule has 1 heterocycles. The van der Waals surface area contributed by atoms with Crippen LogP contribution < -0.4 is 5.32 Å². The van der Waals surface area contributed by atoms with Crippen LogP contribution in [0.25, 0.3) is 0 Å². The molecule has 2 aromatic rings. The van der Waals surface area contributed by atoms with Crippen molar-refractivity contribution in [3.63, 3.8) is 0 Å². The molecule has 0 unspecified atom stereocenters. The van der Waals surface area contributed by atoms with Gasteiger partial charge in [0.1, 0.15) is 16.7 Å². The normalized spacial score (nSPS) is 9.65. The number of benzene rings is 1. The highest BCUT2D eigenvalue weighted by Gasteiger charge is 1.98. The summed E-state index contributed by atoms with van der Waals surface area (Å²) in [7, 11) is 0. The lowest BCUT2D eigenvalue weighted by Crippen LogP contribution is -1.94. The Balaban J connectivity index is 2.11. The van der Waals surface area contributed by atoms with Gasteiger partial charge in [0, 0.05) is 11.8 Å². The maximum atomic E-state index is 8.57. The fraction of sp³-hybridized carbons (Fsp3) is 0.0833. The highest BCUT2D eigenvalue weighted by Crippen LogP contribution is 2.17. The van der Waals surface area contributed by atoms with Crippen LogP contribution in [0, 0.1) is 11.3 Å². The van der Waals surface area contributed by atoms with Crippen molar-refractivity contribution in [3.05, 3.63) is 46.8 Å². The topological polar surface area (TPSA) is 61.6 Å². The van der Waals surface area contributed by atoms with Crippen molar-refractivity contribution >= 4 is 27.4 Å². The Bertz CT molecular complexity index is 545. The first-order valence-corrected chi connectivity index (χ1v) is 5.78. The van der Waals surface area contributed by atoms with Crippen LogP contribution in [-0.2, 0) is 6.42 Å². The van der Waals surface area contributed by atoms with E-state index in [9.17, 15) is 0 Å². The van der Waals surface area contributed by atoms with Crippen molar-refractivity contribution in [1.29, 1.82) is 5.26 Å². The summed E-state index contributed by atoms with van der Waals surface area (Å²) in [5, 5.41) is 11.7. The summed E-state index contributed by atoms with van der Waals surface area (Å²) in [6, 6.07) is 11.6. The third-order valence-electron chi connectivity index (χ3n) is 2.14. The maximum absolute atomic E-state index is 8.57. The van der Waals surface area contributed by atoms with E-state index >= 15 is 0 Å². The van der Waals surface area contributed by atoms with Crippen molar-refractivity contribution in [1.82, 2.24) is 9.97 Å². The summed E-state index contributed by atoms with van der Waals surface area (Å²) in [4.78, 5) is 8.04. The minimum absolute atomic E-state index is 0.430. The number of anilines is 2. The molecule has 0 aliphatic rings. The molecular weight excluding hydrogens is 280 g/mol. The molecule has 0 saturated heterocycles. The van der Waals surface area contributed by atoms with Crippen LogP contribution in [0.5, 0.6) is 0 Å². The average molecular weight is 289 g/mol. The van der Waals surface area contributed by atoms with Gasteiger partial charge in [-0.25, -0.2) is 9.97 Å². The number of rotatable bonds is 3. The maximum Gasteiger partial charge on any atom is 0.134 e. The Kier molecular flexibility index (Phi) is 3.68. The Morgan fingerprint density at radius 1 is 1.24 bits per heavy atom. The molecule has 0 radical (unpaired) electrons. The van der Waals surface area contributed by atoms with Gasteiger partial charge in [-0.05, 0) is 33.6 Å². The van der Waals surface area contributed by atoms with Crippen LogP contribution in [0.4, 0.5) is 11.5 Å². The molecule has 0 aliphatic carbocycles. The molecule has 0 amide bonds. The minimum Gasteiger partial charge on any atom is -0.340 e. The highest BCUT2D eigenvalue weighted by molar-refractivity contribution is 9.10. The average Bonchev–Trinajstić information content (AvgIpc) is 2.32. The number of hydrogen-bond donors (Lipinski definition) is 1. The number of nitriles is 1. The lowest BCUT2D eigenvalue weighted by Gasteiger charge is -2.05. The smallest absolute Gasteiger partial charge is 0.134 e. The Labute approximate surface area is 107 Å². The molecule has 2 rings (SSSR count). The van der Waals surface area contributed by atoms with Gasteiger partial charge in [-0.15, -0.1) is 0 Å². The molecule has 0 aliphatic heterocycles. The monoisotopic (exact) mass is 288 g/mol. The van der Waals surface area contributed by atoms with Gasteiger partial charge in [0.25, 0.3) is 0 Å². The van der Waals surface area contributed by atoms with Crippen molar-refractivity contribution < 1.29 is 0 Å². The number of hydrogen-bond acceptors (Lipinski definition) is 4. The summed E-state index contributed by atoms with van der Waals surface area (Å²) in [5.41, 5.74) is 1.93. The third-order valence-corrected chi connectivity index (χ3v) is 2.58. The molecule has 0 bridgehead atoms. The fourth-order valence-corrected chi connectivity index (χ4v) is 1.66. The molecule has 0 spiro atoms. The Morgan fingerprint density at radius 3 is 2.65 bits per heavy atom. The van der Waals surface area contributed by atoms with E-state index in [0.717, 1.165) is 21.7 Å². The lowest BCUT2D eigenvalue weighted by atomic mass is 10.1. The van der Waals surface area contributed by atoms with Gasteiger partial charge in [-0.1, -0.05) is 12.1 Å². The van der Waals surface area contributed by atoms with Crippen LogP contribution in [-0.4, -0.2) is 9.97 Å². The van der Waals surface area contributed by atoms with Gasteiger partial charge >= 0.3 is 0 Å². The Hall–Kier alpha value is -1.93. The second-order valence-electron chi connectivity index (χ2n) is 3.38. The van der Waals surface area contributed by atoms with Gasteiger partial charge in [0.15, 0.2) is 0 Å². The quantitative estimate of drug-likeness (QED) is 0.882. The van der Waals surface area contributed by atoms with E-state index < -0.39 is 0 Å². The molecule has 1 aromatic heterocycles. The van der Waals surface area contributed by atoms with Crippen molar-refractivity contribution in [2.24, 2.45) is 0 Å². The van der Waals surface area contributed by atoms with E-state index in [1.165, 1.54) is 6.33 Å².